The molecule has 4 aromatic rings. The Morgan fingerprint density at radius 1 is 1.00 bits per heavy atom. The molecule has 0 saturated carbocycles. The molecule has 0 radical (unpaired) electrons. The zero-order valence-corrected chi connectivity index (χ0v) is 14.5. The third-order valence-electron chi connectivity index (χ3n) is 4.26. The third kappa shape index (κ3) is 3.22. The summed E-state index contributed by atoms with van der Waals surface area (Å²) >= 11 is 0. The average Bonchev–Trinajstić information content (AvgIpc) is 3.16. The highest BCUT2D eigenvalue weighted by molar-refractivity contribution is 6.03. The number of amides is 1. The van der Waals surface area contributed by atoms with E-state index in [1.54, 1.807) is 29.1 Å². The highest BCUT2D eigenvalue weighted by Crippen LogP contribution is 2.23. The van der Waals surface area contributed by atoms with E-state index in [4.69, 9.17) is 0 Å². The maximum atomic E-state index is 12.0. The van der Waals surface area contributed by atoms with E-state index in [9.17, 15) is 9.59 Å². The number of methoxy groups -OCH3 is 1. The van der Waals surface area contributed by atoms with Crippen LogP contribution in [0.4, 0.5) is 0 Å². The molecule has 3 aromatic carbocycles. The van der Waals surface area contributed by atoms with Gasteiger partial charge >= 0.3 is 5.97 Å². The van der Waals surface area contributed by atoms with Crippen LogP contribution in [0, 0.1) is 0 Å². The lowest BCUT2D eigenvalue weighted by Crippen LogP contribution is -2.30. The number of fused-ring (bicyclic) bond motifs is 3. The standard InChI is InChI=1S/C20H16N4O3/c1-27-18(25)12-21-20(26)14-6-9-15(10-7-14)24-22-17-11-8-13-4-2-3-5-16(13)19(17)23-24/h2-11H,12H2,1H3,(H,21,26). The Morgan fingerprint density at radius 2 is 1.78 bits per heavy atom. The second kappa shape index (κ2) is 6.87. The zero-order chi connectivity index (χ0) is 18.8. The van der Waals surface area contributed by atoms with E-state index in [1.807, 2.05) is 36.4 Å². The van der Waals surface area contributed by atoms with Crippen LogP contribution < -0.4 is 5.32 Å². The number of carbonyl (C=O) groups excluding carboxylic acids is 2. The first-order valence-corrected chi connectivity index (χ1v) is 8.36. The molecule has 0 spiro atoms. The summed E-state index contributed by atoms with van der Waals surface area (Å²) in [7, 11) is 1.27. The van der Waals surface area contributed by atoms with Gasteiger partial charge in [-0.1, -0.05) is 30.3 Å². The van der Waals surface area contributed by atoms with Crippen LogP contribution in [0.15, 0.2) is 60.7 Å². The molecule has 7 nitrogen and oxygen atoms in total. The number of hydrogen-bond donors (Lipinski definition) is 1. The molecular weight excluding hydrogens is 344 g/mol. The molecule has 0 fully saturated rings. The van der Waals surface area contributed by atoms with Gasteiger partial charge < -0.3 is 10.1 Å². The Bertz CT molecular complexity index is 1150. The molecule has 0 aliphatic rings. The van der Waals surface area contributed by atoms with E-state index >= 15 is 0 Å². The molecule has 1 N–H and O–H groups in total. The van der Waals surface area contributed by atoms with E-state index in [2.05, 4.69) is 20.3 Å². The van der Waals surface area contributed by atoms with Gasteiger partial charge in [-0.05, 0) is 35.7 Å². The number of nitrogens with one attached hydrogen (secondary N) is 1. The van der Waals surface area contributed by atoms with Crippen LogP contribution in [0.25, 0.3) is 27.5 Å². The van der Waals surface area contributed by atoms with Crippen molar-refractivity contribution in [3.63, 3.8) is 0 Å². The molecule has 0 aliphatic carbocycles. The summed E-state index contributed by atoms with van der Waals surface area (Å²) in [6.07, 6.45) is 0. The van der Waals surface area contributed by atoms with Gasteiger partial charge in [-0.3, -0.25) is 9.59 Å². The Hall–Kier alpha value is -3.74. The Morgan fingerprint density at radius 3 is 2.56 bits per heavy atom. The molecule has 134 valence electrons. The molecule has 1 amide bonds. The van der Waals surface area contributed by atoms with Crippen molar-refractivity contribution in [2.45, 2.75) is 0 Å². The second-order valence-corrected chi connectivity index (χ2v) is 5.95. The number of aromatic nitrogens is 3. The van der Waals surface area contributed by atoms with Crippen LogP contribution in [-0.4, -0.2) is 40.5 Å². The van der Waals surface area contributed by atoms with Gasteiger partial charge in [0.25, 0.3) is 5.91 Å². The molecule has 0 unspecified atom stereocenters. The smallest absolute Gasteiger partial charge is 0.325 e. The van der Waals surface area contributed by atoms with Gasteiger partial charge in [0.1, 0.15) is 17.6 Å². The fourth-order valence-electron chi connectivity index (χ4n) is 2.84. The number of rotatable bonds is 4. The van der Waals surface area contributed by atoms with E-state index in [-0.39, 0.29) is 12.5 Å². The summed E-state index contributed by atoms with van der Waals surface area (Å²) in [6, 6.07) is 18.8. The van der Waals surface area contributed by atoms with Crippen molar-refractivity contribution in [1.29, 1.82) is 0 Å². The SMILES string of the molecule is COC(=O)CNC(=O)c1ccc(-n2nc3ccc4ccccc4c3n2)cc1. The van der Waals surface area contributed by atoms with Gasteiger partial charge in [0.15, 0.2) is 0 Å². The monoisotopic (exact) mass is 360 g/mol. The molecule has 0 aliphatic heterocycles. The maximum Gasteiger partial charge on any atom is 0.325 e. The summed E-state index contributed by atoms with van der Waals surface area (Å²) < 4.78 is 4.50. The van der Waals surface area contributed by atoms with E-state index in [1.165, 1.54) is 7.11 Å². The quantitative estimate of drug-likeness (QED) is 0.565. The van der Waals surface area contributed by atoms with Crippen molar-refractivity contribution in [1.82, 2.24) is 20.3 Å². The maximum absolute atomic E-state index is 12.0. The summed E-state index contributed by atoms with van der Waals surface area (Å²) in [5.74, 6) is -0.851. The number of ether oxygens (including phenoxy) is 1. The van der Waals surface area contributed by atoms with Crippen LogP contribution in [-0.2, 0) is 9.53 Å². The fourth-order valence-corrected chi connectivity index (χ4v) is 2.84. The molecule has 0 saturated heterocycles. The van der Waals surface area contributed by atoms with Crippen LogP contribution in [0.1, 0.15) is 10.4 Å². The van der Waals surface area contributed by atoms with Gasteiger partial charge in [0.2, 0.25) is 0 Å². The van der Waals surface area contributed by atoms with Gasteiger partial charge in [-0.25, -0.2) is 0 Å². The summed E-state index contributed by atoms with van der Waals surface area (Å²) in [5.41, 5.74) is 2.80. The first-order valence-electron chi connectivity index (χ1n) is 8.36. The summed E-state index contributed by atoms with van der Waals surface area (Å²) in [6.45, 7) is -0.170. The van der Waals surface area contributed by atoms with E-state index < -0.39 is 5.97 Å². The van der Waals surface area contributed by atoms with E-state index in [0.29, 0.717) is 5.56 Å². The predicted octanol–water partition coefficient (Wildman–Crippen LogP) is 2.48. The van der Waals surface area contributed by atoms with Crippen LogP contribution >= 0.6 is 0 Å². The van der Waals surface area contributed by atoms with Crippen LogP contribution in [0.3, 0.4) is 0 Å². The number of esters is 1. The van der Waals surface area contributed by atoms with Crippen molar-refractivity contribution in [3.05, 3.63) is 66.2 Å². The van der Waals surface area contributed by atoms with Gasteiger partial charge in [-0.15, -0.1) is 10.2 Å². The molecule has 27 heavy (non-hydrogen) atoms. The minimum atomic E-state index is -0.500. The van der Waals surface area contributed by atoms with E-state index in [0.717, 1.165) is 27.5 Å². The number of carbonyl (C=O) groups is 2. The second-order valence-electron chi connectivity index (χ2n) is 5.95. The summed E-state index contributed by atoms with van der Waals surface area (Å²) in [5, 5.41) is 13.8. The van der Waals surface area contributed by atoms with Crippen molar-refractivity contribution < 1.29 is 14.3 Å². The van der Waals surface area contributed by atoms with Gasteiger partial charge in [0, 0.05) is 10.9 Å². The normalized spacial score (nSPS) is 10.9. The van der Waals surface area contributed by atoms with Gasteiger partial charge in [0.05, 0.1) is 12.8 Å². The Labute approximate surface area is 154 Å². The largest absolute Gasteiger partial charge is 0.468 e. The molecule has 7 heteroatoms. The number of benzene rings is 3. The first-order chi connectivity index (χ1) is 13.2. The minimum Gasteiger partial charge on any atom is -0.468 e. The molecular formula is C20H16N4O3. The molecule has 1 aromatic heterocycles. The van der Waals surface area contributed by atoms with Crippen LogP contribution in [0.2, 0.25) is 0 Å². The minimum absolute atomic E-state index is 0.170. The highest BCUT2D eigenvalue weighted by Gasteiger charge is 2.11. The number of hydrogen-bond acceptors (Lipinski definition) is 5. The molecule has 1 heterocycles. The fraction of sp³-hybridized carbons (Fsp3) is 0.100. The number of nitrogens with zero attached hydrogens (tertiary/aromatic N) is 3. The molecule has 0 bridgehead atoms. The van der Waals surface area contributed by atoms with Crippen molar-refractivity contribution in [3.8, 4) is 5.69 Å². The highest BCUT2D eigenvalue weighted by atomic mass is 16.5. The predicted molar refractivity (Wildman–Crippen MR) is 101 cm³/mol. The van der Waals surface area contributed by atoms with Gasteiger partial charge in [-0.2, -0.15) is 4.80 Å². The average molecular weight is 360 g/mol. The lowest BCUT2D eigenvalue weighted by molar-refractivity contribution is -0.139. The van der Waals surface area contributed by atoms with Crippen molar-refractivity contribution in [2.24, 2.45) is 0 Å². The lowest BCUT2D eigenvalue weighted by Gasteiger charge is -2.05. The van der Waals surface area contributed by atoms with Crippen molar-refractivity contribution >= 4 is 33.7 Å². The van der Waals surface area contributed by atoms with Crippen LogP contribution in [0.5, 0.6) is 0 Å². The Kier molecular flexibility index (Phi) is 4.25. The summed E-state index contributed by atoms with van der Waals surface area (Å²) in [4.78, 5) is 24.7. The van der Waals surface area contributed by atoms with Crippen molar-refractivity contribution in [2.75, 3.05) is 13.7 Å². The topological polar surface area (TPSA) is 86.1 Å². The molecule has 0 atom stereocenters. The molecule has 4 rings (SSSR count). The zero-order valence-electron chi connectivity index (χ0n) is 14.5. The third-order valence-corrected chi connectivity index (χ3v) is 4.26. The lowest BCUT2D eigenvalue weighted by atomic mass is 10.1. The Balaban J connectivity index is 1.61. The first kappa shape index (κ1) is 16.7.